The monoisotopic (exact) mass is 377 g/mol. The predicted molar refractivity (Wildman–Crippen MR) is 95.1 cm³/mol. The van der Waals surface area contributed by atoms with Crippen LogP contribution in [0.15, 0.2) is 58.2 Å². The lowest BCUT2D eigenvalue weighted by Crippen LogP contribution is -2.22. The van der Waals surface area contributed by atoms with Gasteiger partial charge in [-0.05, 0) is 43.3 Å². The van der Waals surface area contributed by atoms with Gasteiger partial charge in [0.1, 0.15) is 5.82 Å². The van der Waals surface area contributed by atoms with Gasteiger partial charge in [-0.25, -0.2) is 4.39 Å². The van der Waals surface area contributed by atoms with E-state index in [0.717, 1.165) is 11.8 Å². The SMILES string of the molecule is CC(Sc1nnc(-c2cccc(Cl)c2)o1)C(=O)Nc1cccc(F)c1. The summed E-state index contributed by atoms with van der Waals surface area (Å²) in [5.74, 6) is -0.387. The molecular weight excluding hydrogens is 365 g/mol. The summed E-state index contributed by atoms with van der Waals surface area (Å²) < 4.78 is 18.7. The first-order valence-corrected chi connectivity index (χ1v) is 8.59. The summed E-state index contributed by atoms with van der Waals surface area (Å²) >= 11 is 7.06. The molecule has 3 aromatic rings. The van der Waals surface area contributed by atoms with Crippen LogP contribution in [0.25, 0.3) is 11.5 Å². The number of carbonyl (C=O) groups excluding carboxylic acids is 1. The Morgan fingerprint density at radius 2 is 2.04 bits per heavy atom. The van der Waals surface area contributed by atoms with Gasteiger partial charge in [0.2, 0.25) is 11.8 Å². The molecule has 0 fully saturated rings. The molecule has 3 rings (SSSR count). The van der Waals surface area contributed by atoms with E-state index in [1.807, 2.05) is 0 Å². The van der Waals surface area contributed by atoms with Crippen molar-refractivity contribution in [1.82, 2.24) is 10.2 Å². The maximum Gasteiger partial charge on any atom is 0.277 e. The fourth-order valence-corrected chi connectivity index (χ4v) is 2.88. The summed E-state index contributed by atoms with van der Waals surface area (Å²) in [5.41, 5.74) is 1.09. The fourth-order valence-electron chi connectivity index (χ4n) is 2.01. The van der Waals surface area contributed by atoms with Gasteiger partial charge >= 0.3 is 0 Å². The van der Waals surface area contributed by atoms with Crippen LogP contribution in [-0.4, -0.2) is 21.4 Å². The Labute approximate surface area is 152 Å². The summed E-state index contributed by atoms with van der Waals surface area (Å²) in [5, 5.41) is 10.8. The van der Waals surface area contributed by atoms with E-state index < -0.39 is 11.1 Å². The lowest BCUT2D eigenvalue weighted by Gasteiger charge is -2.09. The van der Waals surface area contributed by atoms with E-state index in [0.29, 0.717) is 22.2 Å². The third-order valence-corrected chi connectivity index (χ3v) is 4.39. The van der Waals surface area contributed by atoms with Crippen LogP contribution in [0.3, 0.4) is 0 Å². The van der Waals surface area contributed by atoms with Gasteiger partial charge in [-0.15, -0.1) is 10.2 Å². The first-order valence-electron chi connectivity index (χ1n) is 7.34. The van der Waals surface area contributed by atoms with Gasteiger partial charge in [0.05, 0.1) is 5.25 Å². The summed E-state index contributed by atoms with van der Waals surface area (Å²) in [6.07, 6.45) is 0. The van der Waals surface area contributed by atoms with E-state index in [1.165, 1.54) is 18.2 Å². The van der Waals surface area contributed by atoms with Crippen LogP contribution in [0.2, 0.25) is 5.02 Å². The summed E-state index contributed by atoms with van der Waals surface area (Å²) in [4.78, 5) is 12.2. The molecule has 1 amide bonds. The minimum atomic E-state index is -0.504. The zero-order valence-corrected chi connectivity index (χ0v) is 14.6. The molecule has 5 nitrogen and oxygen atoms in total. The van der Waals surface area contributed by atoms with Crippen LogP contribution in [0, 0.1) is 5.82 Å². The second-order valence-electron chi connectivity index (χ2n) is 5.14. The van der Waals surface area contributed by atoms with Crippen molar-refractivity contribution in [3.8, 4) is 11.5 Å². The Bertz CT molecular complexity index is 903. The van der Waals surface area contributed by atoms with E-state index in [9.17, 15) is 9.18 Å². The van der Waals surface area contributed by atoms with Crippen LogP contribution in [0.5, 0.6) is 0 Å². The number of carbonyl (C=O) groups is 1. The number of hydrogen-bond donors (Lipinski definition) is 1. The molecule has 0 saturated heterocycles. The Morgan fingerprint density at radius 3 is 2.80 bits per heavy atom. The number of nitrogens with one attached hydrogen (secondary N) is 1. The van der Waals surface area contributed by atoms with Crippen molar-refractivity contribution in [2.45, 2.75) is 17.4 Å². The van der Waals surface area contributed by atoms with Crippen molar-refractivity contribution in [1.29, 1.82) is 0 Å². The highest BCUT2D eigenvalue weighted by Gasteiger charge is 2.19. The largest absolute Gasteiger partial charge is 0.411 e. The molecule has 0 aliphatic carbocycles. The highest BCUT2D eigenvalue weighted by atomic mass is 35.5. The summed E-state index contributed by atoms with van der Waals surface area (Å²) in [7, 11) is 0. The number of anilines is 1. The predicted octanol–water partition coefficient (Wildman–Crippen LogP) is 4.65. The molecule has 1 aromatic heterocycles. The average molecular weight is 378 g/mol. The standard InChI is InChI=1S/C17H13ClFN3O2S/c1-10(15(23)20-14-7-3-6-13(19)9-14)25-17-22-21-16(24-17)11-4-2-5-12(18)8-11/h2-10H,1H3,(H,20,23). The number of aromatic nitrogens is 2. The van der Waals surface area contributed by atoms with Crippen LogP contribution in [-0.2, 0) is 4.79 Å². The van der Waals surface area contributed by atoms with Gasteiger partial charge in [0, 0.05) is 16.3 Å². The van der Waals surface area contributed by atoms with E-state index in [2.05, 4.69) is 15.5 Å². The van der Waals surface area contributed by atoms with Gasteiger partial charge in [-0.3, -0.25) is 4.79 Å². The average Bonchev–Trinajstić information content (AvgIpc) is 3.03. The van der Waals surface area contributed by atoms with Gasteiger partial charge in [-0.1, -0.05) is 35.5 Å². The van der Waals surface area contributed by atoms with Gasteiger partial charge in [0.15, 0.2) is 0 Å². The molecule has 1 N–H and O–H groups in total. The zero-order chi connectivity index (χ0) is 17.8. The molecule has 1 atom stereocenters. The third kappa shape index (κ3) is 4.58. The van der Waals surface area contributed by atoms with Gasteiger partial charge in [0.25, 0.3) is 5.22 Å². The second-order valence-corrected chi connectivity index (χ2v) is 6.87. The van der Waals surface area contributed by atoms with E-state index in [1.54, 1.807) is 37.3 Å². The topological polar surface area (TPSA) is 68.0 Å². The van der Waals surface area contributed by atoms with Crippen LogP contribution in [0.4, 0.5) is 10.1 Å². The molecule has 0 saturated carbocycles. The summed E-state index contributed by atoms with van der Waals surface area (Å²) in [6, 6.07) is 12.7. The molecular formula is C17H13ClFN3O2S. The van der Waals surface area contributed by atoms with Crippen LogP contribution >= 0.6 is 23.4 Å². The highest BCUT2D eigenvalue weighted by Crippen LogP contribution is 2.27. The quantitative estimate of drug-likeness (QED) is 0.655. The van der Waals surface area contributed by atoms with Crippen molar-refractivity contribution in [2.75, 3.05) is 5.32 Å². The third-order valence-electron chi connectivity index (χ3n) is 3.22. The Balaban J connectivity index is 1.65. The maximum absolute atomic E-state index is 13.2. The number of thioether (sulfide) groups is 1. The minimum absolute atomic E-state index is 0.261. The molecule has 8 heteroatoms. The molecule has 2 aromatic carbocycles. The van der Waals surface area contributed by atoms with E-state index >= 15 is 0 Å². The van der Waals surface area contributed by atoms with E-state index in [4.69, 9.17) is 16.0 Å². The maximum atomic E-state index is 13.2. The first kappa shape index (κ1) is 17.4. The molecule has 0 radical (unpaired) electrons. The molecule has 128 valence electrons. The van der Waals surface area contributed by atoms with Crippen molar-refractivity contribution in [3.05, 3.63) is 59.4 Å². The lowest BCUT2D eigenvalue weighted by molar-refractivity contribution is -0.115. The molecule has 0 spiro atoms. The number of rotatable bonds is 5. The minimum Gasteiger partial charge on any atom is -0.411 e. The molecule has 25 heavy (non-hydrogen) atoms. The number of nitrogens with zero attached hydrogens (tertiary/aromatic N) is 2. The molecule has 0 aliphatic rings. The fraction of sp³-hybridized carbons (Fsp3) is 0.118. The normalized spacial score (nSPS) is 12.0. The van der Waals surface area contributed by atoms with Gasteiger partial charge in [-0.2, -0.15) is 0 Å². The van der Waals surface area contributed by atoms with Gasteiger partial charge < -0.3 is 9.73 Å². The van der Waals surface area contributed by atoms with Crippen molar-refractivity contribution in [2.24, 2.45) is 0 Å². The molecule has 0 bridgehead atoms. The molecule has 1 heterocycles. The summed E-state index contributed by atoms with van der Waals surface area (Å²) in [6.45, 7) is 1.70. The second kappa shape index (κ2) is 7.67. The zero-order valence-electron chi connectivity index (χ0n) is 13.1. The Hall–Kier alpha value is -2.38. The lowest BCUT2D eigenvalue weighted by atomic mass is 10.2. The van der Waals surface area contributed by atoms with Crippen molar-refractivity contribution < 1.29 is 13.6 Å². The number of amides is 1. The molecule has 0 aliphatic heterocycles. The Kier molecular flexibility index (Phi) is 5.35. The van der Waals surface area contributed by atoms with Crippen LogP contribution in [0.1, 0.15) is 6.92 Å². The Morgan fingerprint density at radius 1 is 1.24 bits per heavy atom. The first-order chi connectivity index (χ1) is 12.0. The van der Waals surface area contributed by atoms with Crippen LogP contribution < -0.4 is 5.32 Å². The van der Waals surface area contributed by atoms with Crippen molar-refractivity contribution >= 4 is 35.0 Å². The smallest absolute Gasteiger partial charge is 0.277 e. The molecule has 1 unspecified atom stereocenters. The number of hydrogen-bond acceptors (Lipinski definition) is 5. The number of halogens is 2. The number of benzene rings is 2. The highest BCUT2D eigenvalue weighted by molar-refractivity contribution is 8.00. The van der Waals surface area contributed by atoms with E-state index in [-0.39, 0.29) is 11.1 Å². The van der Waals surface area contributed by atoms with Crippen molar-refractivity contribution in [3.63, 3.8) is 0 Å².